The summed E-state index contributed by atoms with van der Waals surface area (Å²) in [6.45, 7) is 1.90. The number of H-pyrrole nitrogens is 1. The van der Waals surface area contributed by atoms with E-state index in [2.05, 4.69) is 47.1 Å². The van der Waals surface area contributed by atoms with E-state index in [1.54, 1.807) is 23.8 Å². The number of aromatic amines is 1. The van der Waals surface area contributed by atoms with Gasteiger partial charge in [-0.1, -0.05) is 11.6 Å². The topological polar surface area (TPSA) is 128 Å². The molecule has 9 nitrogen and oxygen atoms in total. The molecule has 0 unspecified atom stereocenters. The standard InChI is InChI=1S/C22H14ClF2N9S/c1-10-21(35-9-29-10)20(17-8-30-34-33-17)31-12-2-14-18(32-13-4-16(24)22(25)28-7-13)11(5-26)6-27-19(14)15(23)3-12/h2-4,6-9,20,31H,1H3,(H,27,32)(H,30,33,34)/t20-/m1/s1. The van der Waals surface area contributed by atoms with Crippen molar-refractivity contribution >= 4 is 50.9 Å². The molecule has 0 spiro atoms. The number of nitrogens with zero attached hydrogens (tertiary/aromatic N) is 6. The van der Waals surface area contributed by atoms with E-state index in [1.165, 1.54) is 17.5 Å². The van der Waals surface area contributed by atoms with Crippen LogP contribution in [0.2, 0.25) is 5.02 Å². The molecule has 35 heavy (non-hydrogen) atoms. The SMILES string of the molecule is Cc1ncsc1[C@H](Nc1cc(Cl)c2ncc(C#N)c(Nc3cnc(F)c(F)c3)c2c1)c1cn[nH]n1. The minimum Gasteiger partial charge on any atom is -0.372 e. The quantitative estimate of drug-likeness (QED) is 0.264. The normalized spacial score (nSPS) is 11.9. The predicted molar refractivity (Wildman–Crippen MR) is 128 cm³/mol. The Kier molecular flexibility index (Phi) is 5.94. The lowest BCUT2D eigenvalue weighted by atomic mass is 10.1. The molecular formula is C22H14ClF2N9S. The highest BCUT2D eigenvalue weighted by molar-refractivity contribution is 7.09. The highest BCUT2D eigenvalue weighted by atomic mass is 35.5. The van der Waals surface area contributed by atoms with Crippen molar-refractivity contribution in [1.82, 2.24) is 30.4 Å². The van der Waals surface area contributed by atoms with Gasteiger partial charge >= 0.3 is 0 Å². The molecular weight excluding hydrogens is 496 g/mol. The van der Waals surface area contributed by atoms with Gasteiger partial charge in [0.15, 0.2) is 5.82 Å². The van der Waals surface area contributed by atoms with E-state index in [0.717, 1.165) is 22.8 Å². The van der Waals surface area contributed by atoms with Gasteiger partial charge in [0, 0.05) is 23.3 Å². The van der Waals surface area contributed by atoms with Crippen molar-refractivity contribution < 1.29 is 8.78 Å². The zero-order valence-electron chi connectivity index (χ0n) is 17.8. The minimum absolute atomic E-state index is 0.156. The average Bonchev–Trinajstić information content (AvgIpc) is 3.52. The zero-order chi connectivity index (χ0) is 24.5. The number of thiazole rings is 1. The molecule has 0 saturated carbocycles. The van der Waals surface area contributed by atoms with E-state index < -0.39 is 11.8 Å². The van der Waals surface area contributed by atoms with Crippen molar-refractivity contribution in [2.75, 3.05) is 10.6 Å². The Hall–Kier alpha value is -4.21. The smallest absolute Gasteiger partial charge is 0.249 e. The molecule has 3 N–H and O–H groups in total. The first-order chi connectivity index (χ1) is 16.9. The van der Waals surface area contributed by atoms with Crippen molar-refractivity contribution in [3.63, 3.8) is 0 Å². The molecule has 1 atom stereocenters. The van der Waals surface area contributed by atoms with E-state index in [9.17, 15) is 14.0 Å². The Labute approximate surface area is 205 Å². The number of halogens is 3. The van der Waals surface area contributed by atoms with Crippen molar-refractivity contribution in [3.05, 3.63) is 80.9 Å². The molecule has 5 aromatic rings. The monoisotopic (exact) mass is 509 g/mol. The van der Waals surface area contributed by atoms with Gasteiger partial charge in [0.05, 0.1) is 56.0 Å². The Bertz CT molecular complexity index is 1580. The van der Waals surface area contributed by atoms with E-state index in [0.29, 0.717) is 33.0 Å². The van der Waals surface area contributed by atoms with E-state index >= 15 is 0 Å². The van der Waals surface area contributed by atoms with Crippen LogP contribution in [-0.2, 0) is 0 Å². The van der Waals surface area contributed by atoms with Gasteiger partial charge in [0.1, 0.15) is 17.8 Å². The van der Waals surface area contributed by atoms with Gasteiger partial charge in [0.25, 0.3) is 0 Å². The van der Waals surface area contributed by atoms with Gasteiger partial charge in [-0.2, -0.15) is 25.1 Å². The summed E-state index contributed by atoms with van der Waals surface area (Å²) in [5.41, 5.74) is 4.90. The summed E-state index contributed by atoms with van der Waals surface area (Å²) in [4.78, 5) is 13.0. The first-order valence-electron chi connectivity index (χ1n) is 10.1. The summed E-state index contributed by atoms with van der Waals surface area (Å²) in [5.74, 6) is -2.34. The molecule has 0 aliphatic carbocycles. The van der Waals surface area contributed by atoms with Crippen LogP contribution in [0, 0.1) is 30.0 Å². The highest BCUT2D eigenvalue weighted by Crippen LogP contribution is 2.37. The number of pyridine rings is 2. The van der Waals surface area contributed by atoms with Crippen molar-refractivity contribution in [3.8, 4) is 6.07 Å². The number of nitrogens with one attached hydrogen (secondary N) is 3. The number of aromatic nitrogens is 6. The third-order valence-corrected chi connectivity index (χ3v) is 6.48. The molecule has 174 valence electrons. The Morgan fingerprint density at radius 2 is 1.97 bits per heavy atom. The molecule has 0 bridgehead atoms. The molecule has 4 aromatic heterocycles. The maximum atomic E-state index is 13.7. The van der Waals surface area contributed by atoms with E-state index in [4.69, 9.17) is 11.6 Å². The number of nitriles is 1. The fourth-order valence-electron chi connectivity index (χ4n) is 3.57. The zero-order valence-corrected chi connectivity index (χ0v) is 19.4. The van der Waals surface area contributed by atoms with E-state index in [-0.39, 0.29) is 17.3 Å². The number of hydrogen-bond donors (Lipinski definition) is 3. The van der Waals surface area contributed by atoms with Gasteiger partial charge in [-0.15, -0.1) is 11.3 Å². The number of fused-ring (bicyclic) bond motifs is 1. The van der Waals surface area contributed by atoms with Crippen molar-refractivity contribution in [2.45, 2.75) is 13.0 Å². The lowest BCUT2D eigenvalue weighted by Gasteiger charge is -2.19. The molecule has 0 fully saturated rings. The van der Waals surface area contributed by atoms with Crippen LogP contribution in [0.5, 0.6) is 0 Å². The van der Waals surface area contributed by atoms with Gasteiger partial charge in [-0.05, 0) is 19.1 Å². The van der Waals surface area contributed by atoms with E-state index in [1.807, 2.05) is 6.92 Å². The second-order valence-electron chi connectivity index (χ2n) is 7.41. The van der Waals surface area contributed by atoms with Crippen LogP contribution in [0.3, 0.4) is 0 Å². The van der Waals surface area contributed by atoms with Crippen LogP contribution in [0.25, 0.3) is 10.9 Å². The molecule has 0 amide bonds. The van der Waals surface area contributed by atoms with Gasteiger partial charge in [-0.3, -0.25) is 4.98 Å². The second kappa shape index (κ2) is 9.21. The van der Waals surface area contributed by atoms with Crippen LogP contribution in [0.1, 0.15) is 27.9 Å². The van der Waals surface area contributed by atoms with Crippen LogP contribution in [0.4, 0.5) is 25.8 Å². The maximum Gasteiger partial charge on any atom is 0.249 e. The molecule has 5 rings (SSSR count). The van der Waals surface area contributed by atoms with Crippen LogP contribution in [0.15, 0.2) is 42.3 Å². The Morgan fingerprint density at radius 3 is 2.66 bits per heavy atom. The molecule has 13 heteroatoms. The molecule has 0 aliphatic heterocycles. The lowest BCUT2D eigenvalue weighted by molar-refractivity contribution is 0.480. The van der Waals surface area contributed by atoms with Crippen LogP contribution in [-0.4, -0.2) is 30.4 Å². The van der Waals surface area contributed by atoms with Crippen molar-refractivity contribution in [2.24, 2.45) is 0 Å². The minimum atomic E-state index is -1.22. The molecule has 0 aliphatic rings. The van der Waals surface area contributed by atoms with Gasteiger partial charge < -0.3 is 10.6 Å². The highest BCUT2D eigenvalue weighted by Gasteiger charge is 2.22. The molecule has 0 radical (unpaired) electrons. The molecule has 4 heterocycles. The first kappa shape index (κ1) is 22.6. The first-order valence-corrected chi connectivity index (χ1v) is 11.3. The molecule has 0 saturated heterocycles. The third kappa shape index (κ3) is 4.34. The Balaban J connectivity index is 1.62. The average molecular weight is 510 g/mol. The van der Waals surface area contributed by atoms with Crippen LogP contribution < -0.4 is 10.6 Å². The summed E-state index contributed by atoms with van der Waals surface area (Å²) in [6.07, 6.45) is 4.09. The number of aryl methyl sites for hydroxylation is 1. The number of benzene rings is 1. The number of hydrogen-bond acceptors (Lipinski definition) is 9. The summed E-state index contributed by atoms with van der Waals surface area (Å²) < 4.78 is 27.1. The fourth-order valence-corrected chi connectivity index (χ4v) is 4.71. The summed E-state index contributed by atoms with van der Waals surface area (Å²) >= 11 is 8.03. The van der Waals surface area contributed by atoms with Gasteiger partial charge in [0.2, 0.25) is 5.95 Å². The number of anilines is 3. The third-order valence-electron chi connectivity index (χ3n) is 5.20. The Morgan fingerprint density at radius 1 is 1.11 bits per heavy atom. The fraction of sp³-hybridized carbons (Fsp3) is 0.0909. The largest absolute Gasteiger partial charge is 0.372 e. The summed E-state index contributed by atoms with van der Waals surface area (Å²) in [5, 5.41) is 27.6. The summed E-state index contributed by atoms with van der Waals surface area (Å²) in [6, 6.07) is 6.09. The predicted octanol–water partition coefficient (Wildman–Crippen LogP) is 5.26. The van der Waals surface area contributed by atoms with Gasteiger partial charge in [-0.25, -0.2) is 14.4 Å². The van der Waals surface area contributed by atoms with Crippen molar-refractivity contribution in [1.29, 1.82) is 5.26 Å². The number of rotatable bonds is 6. The molecule has 1 aromatic carbocycles. The summed E-state index contributed by atoms with van der Waals surface area (Å²) in [7, 11) is 0. The van der Waals surface area contributed by atoms with Crippen LogP contribution >= 0.6 is 22.9 Å². The maximum absolute atomic E-state index is 13.7. The second-order valence-corrected chi connectivity index (χ2v) is 8.70. The lowest BCUT2D eigenvalue weighted by Crippen LogP contribution is -2.13.